The Balaban J connectivity index is 1.11. The Kier molecular flexibility index (Phi) is 9.05. The van der Waals surface area contributed by atoms with Gasteiger partial charge in [0.2, 0.25) is 17.7 Å². The summed E-state index contributed by atoms with van der Waals surface area (Å²) >= 11 is 0. The number of hydrogen-bond donors (Lipinski definition) is 2. The van der Waals surface area contributed by atoms with Gasteiger partial charge in [-0.15, -0.1) is 0 Å². The van der Waals surface area contributed by atoms with Crippen molar-refractivity contribution in [1.29, 1.82) is 0 Å². The third kappa shape index (κ3) is 7.46. The van der Waals surface area contributed by atoms with Crippen molar-refractivity contribution >= 4 is 23.4 Å². The highest BCUT2D eigenvalue weighted by Crippen LogP contribution is 2.23. The van der Waals surface area contributed by atoms with Gasteiger partial charge in [-0.25, -0.2) is 0 Å². The van der Waals surface area contributed by atoms with Gasteiger partial charge in [-0.05, 0) is 42.0 Å². The van der Waals surface area contributed by atoms with Gasteiger partial charge in [-0.3, -0.25) is 24.2 Å². The first-order chi connectivity index (χ1) is 19.5. The number of rotatable bonds is 9. The van der Waals surface area contributed by atoms with Crippen molar-refractivity contribution in [3.05, 3.63) is 90.5 Å². The van der Waals surface area contributed by atoms with Gasteiger partial charge in [0.25, 0.3) is 0 Å². The highest BCUT2D eigenvalue weighted by Gasteiger charge is 2.35. The van der Waals surface area contributed by atoms with Crippen molar-refractivity contribution < 1.29 is 19.1 Å². The molecule has 0 radical (unpaired) electrons. The van der Waals surface area contributed by atoms with Crippen LogP contribution in [0.1, 0.15) is 12.0 Å². The number of carbonyl (C=O) groups excluding carboxylic acids is 3. The number of carbonyl (C=O) groups is 3. The molecule has 3 aromatic carbocycles. The molecule has 2 N–H and O–H groups in total. The van der Waals surface area contributed by atoms with E-state index in [1.165, 1.54) is 5.56 Å². The van der Waals surface area contributed by atoms with Gasteiger partial charge in [-0.2, -0.15) is 0 Å². The Morgan fingerprint density at radius 3 is 2.12 bits per heavy atom. The van der Waals surface area contributed by atoms with E-state index in [1.54, 1.807) is 29.2 Å². The van der Waals surface area contributed by atoms with Gasteiger partial charge < -0.3 is 20.3 Å². The Morgan fingerprint density at radius 2 is 1.43 bits per heavy atom. The van der Waals surface area contributed by atoms with Crippen LogP contribution in [0.4, 0.5) is 5.69 Å². The molecule has 2 aliphatic rings. The summed E-state index contributed by atoms with van der Waals surface area (Å²) in [6, 6.07) is 26.0. The average molecular weight is 542 g/mol. The monoisotopic (exact) mass is 541 g/mol. The van der Waals surface area contributed by atoms with Crippen LogP contribution in [0.3, 0.4) is 0 Å². The van der Waals surface area contributed by atoms with Crippen molar-refractivity contribution in [2.75, 3.05) is 51.1 Å². The largest absolute Gasteiger partial charge is 0.457 e. The van der Waals surface area contributed by atoms with Gasteiger partial charge in [0, 0.05) is 51.5 Å². The van der Waals surface area contributed by atoms with E-state index < -0.39 is 6.04 Å². The number of anilines is 1. The van der Waals surface area contributed by atoms with Crippen molar-refractivity contribution in [3.8, 4) is 11.5 Å². The number of para-hydroxylation sites is 1. The van der Waals surface area contributed by atoms with E-state index in [0.717, 1.165) is 38.5 Å². The molecule has 3 aromatic rings. The zero-order chi connectivity index (χ0) is 27.7. The Bertz CT molecular complexity index is 1280. The number of piperazine rings is 2. The van der Waals surface area contributed by atoms with E-state index in [0.29, 0.717) is 24.5 Å². The molecule has 40 heavy (non-hydrogen) atoms. The fourth-order valence-corrected chi connectivity index (χ4v) is 5.06. The van der Waals surface area contributed by atoms with E-state index in [1.807, 2.05) is 48.5 Å². The Hall–Kier alpha value is -4.21. The number of nitrogens with zero attached hydrogens (tertiary/aromatic N) is 3. The highest BCUT2D eigenvalue weighted by atomic mass is 16.5. The maximum absolute atomic E-state index is 13.3. The molecule has 3 amide bonds. The van der Waals surface area contributed by atoms with Gasteiger partial charge >= 0.3 is 0 Å². The molecule has 0 bridgehead atoms. The minimum Gasteiger partial charge on any atom is -0.457 e. The topological polar surface area (TPSA) is 94.2 Å². The van der Waals surface area contributed by atoms with Crippen LogP contribution in [-0.2, 0) is 20.9 Å². The third-order valence-electron chi connectivity index (χ3n) is 7.22. The van der Waals surface area contributed by atoms with Crippen LogP contribution in [0, 0.1) is 0 Å². The van der Waals surface area contributed by atoms with Crippen molar-refractivity contribution in [2.45, 2.75) is 19.0 Å². The van der Waals surface area contributed by atoms with Gasteiger partial charge in [0.1, 0.15) is 17.5 Å². The number of amides is 3. The Labute approximate surface area is 234 Å². The van der Waals surface area contributed by atoms with E-state index >= 15 is 0 Å². The van der Waals surface area contributed by atoms with Crippen LogP contribution in [0.25, 0.3) is 0 Å². The molecule has 9 nitrogen and oxygen atoms in total. The van der Waals surface area contributed by atoms with Crippen molar-refractivity contribution in [2.24, 2.45) is 0 Å². The van der Waals surface area contributed by atoms with E-state index in [4.69, 9.17) is 4.74 Å². The maximum Gasteiger partial charge on any atom is 0.243 e. The molecule has 2 heterocycles. The molecule has 5 rings (SSSR count). The molecule has 0 aromatic heterocycles. The zero-order valence-corrected chi connectivity index (χ0v) is 22.5. The number of hydrogen-bond acceptors (Lipinski definition) is 6. The first-order valence-corrected chi connectivity index (χ1v) is 13.7. The normalized spacial score (nSPS) is 18.1. The highest BCUT2D eigenvalue weighted by molar-refractivity contribution is 5.97. The molecule has 2 saturated heterocycles. The SMILES string of the molecule is O=C(C[C@@H]1C(=O)NCCN1C(=O)CN1CCN(Cc2ccccc2)CC1)Nc1ccc(Oc2ccccc2)cc1. The predicted octanol–water partition coefficient (Wildman–Crippen LogP) is 2.95. The molecule has 2 fully saturated rings. The van der Waals surface area contributed by atoms with Crippen LogP contribution < -0.4 is 15.4 Å². The minimum atomic E-state index is -0.832. The average Bonchev–Trinajstić information content (AvgIpc) is 2.97. The lowest BCUT2D eigenvalue weighted by Gasteiger charge is -2.38. The summed E-state index contributed by atoms with van der Waals surface area (Å²) in [5.41, 5.74) is 1.87. The molecule has 0 unspecified atom stereocenters. The summed E-state index contributed by atoms with van der Waals surface area (Å²) in [5, 5.41) is 5.64. The van der Waals surface area contributed by atoms with Crippen molar-refractivity contribution in [3.63, 3.8) is 0 Å². The van der Waals surface area contributed by atoms with Crippen LogP contribution in [0.5, 0.6) is 11.5 Å². The number of nitrogens with one attached hydrogen (secondary N) is 2. The standard InChI is InChI=1S/C31H35N5O4/c37-29(33-25-11-13-27(14-12-25)40-26-9-5-2-6-10-26)21-28-31(39)32-15-16-36(28)30(38)23-35-19-17-34(18-20-35)22-24-7-3-1-4-8-24/h1-14,28H,15-23H2,(H,32,39)(H,33,37)/t28-/m1/s1. The fraction of sp³-hybridized carbons (Fsp3) is 0.323. The molecule has 0 spiro atoms. The maximum atomic E-state index is 13.3. The lowest BCUT2D eigenvalue weighted by atomic mass is 10.1. The first-order valence-electron chi connectivity index (χ1n) is 13.7. The summed E-state index contributed by atoms with van der Waals surface area (Å²) in [6.07, 6.45) is -0.106. The van der Waals surface area contributed by atoms with Crippen LogP contribution in [-0.4, -0.2) is 84.3 Å². The molecule has 0 aliphatic carbocycles. The smallest absolute Gasteiger partial charge is 0.243 e. The van der Waals surface area contributed by atoms with Crippen molar-refractivity contribution in [1.82, 2.24) is 20.0 Å². The fourth-order valence-electron chi connectivity index (χ4n) is 5.06. The summed E-state index contributed by atoms with van der Waals surface area (Å²) in [7, 11) is 0. The predicted molar refractivity (Wildman–Crippen MR) is 153 cm³/mol. The third-order valence-corrected chi connectivity index (χ3v) is 7.22. The van der Waals surface area contributed by atoms with E-state index in [2.05, 4.69) is 32.6 Å². The molecule has 208 valence electrons. The van der Waals surface area contributed by atoms with Crippen LogP contribution >= 0.6 is 0 Å². The molecular weight excluding hydrogens is 506 g/mol. The second-order valence-corrected chi connectivity index (χ2v) is 10.1. The summed E-state index contributed by atoms with van der Waals surface area (Å²) in [5.74, 6) is 0.627. The second kappa shape index (κ2) is 13.2. The van der Waals surface area contributed by atoms with Gasteiger partial charge in [-0.1, -0.05) is 48.5 Å². The minimum absolute atomic E-state index is 0.106. The zero-order valence-electron chi connectivity index (χ0n) is 22.5. The van der Waals surface area contributed by atoms with Gasteiger partial charge in [0.05, 0.1) is 13.0 Å². The van der Waals surface area contributed by atoms with E-state index in [9.17, 15) is 14.4 Å². The molecule has 2 aliphatic heterocycles. The summed E-state index contributed by atoms with van der Waals surface area (Å²) in [4.78, 5) is 44.9. The number of ether oxygens (including phenoxy) is 1. The summed E-state index contributed by atoms with van der Waals surface area (Å²) in [6.45, 7) is 5.25. The quantitative estimate of drug-likeness (QED) is 0.433. The lowest BCUT2D eigenvalue weighted by molar-refractivity contribution is -0.145. The first kappa shape index (κ1) is 27.4. The van der Waals surface area contributed by atoms with Gasteiger partial charge in [0.15, 0.2) is 0 Å². The van der Waals surface area contributed by atoms with Crippen LogP contribution in [0.15, 0.2) is 84.9 Å². The molecule has 1 atom stereocenters. The number of benzene rings is 3. The molecule has 0 saturated carbocycles. The van der Waals surface area contributed by atoms with Crippen LogP contribution in [0.2, 0.25) is 0 Å². The lowest BCUT2D eigenvalue weighted by Crippen LogP contribution is -2.60. The second-order valence-electron chi connectivity index (χ2n) is 10.1. The Morgan fingerprint density at radius 1 is 0.800 bits per heavy atom. The van der Waals surface area contributed by atoms with E-state index in [-0.39, 0.29) is 30.7 Å². The molecule has 9 heteroatoms. The molecular formula is C31H35N5O4. The summed E-state index contributed by atoms with van der Waals surface area (Å²) < 4.78 is 5.79.